The van der Waals surface area contributed by atoms with Gasteiger partial charge in [-0.2, -0.15) is 0 Å². The van der Waals surface area contributed by atoms with Gasteiger partial charge in [-0.15, -0.1) is 0 Å². The Morgan fingerprint density at radius 3 is 3.04 bits per heavy atom. The van der Waals surface area contributed by atoms with Crippen LogP contribution < -0.4 is 10.1 Å². The summed E-state index contributed by atoms with van der Waals surface area (Å²) < 4.78 is 11.6. The molecule has 5 heteroatoms. The molecule has 0 saturated carbocycles. The van der Waals surface area contributed by atoms with Crippen LogP contribution in [0.4, 0.5) is 0 Å². The number of methoxy groups -OCH3 is 1. The van der Waals surface area contributed by atoms with Gasteiger partial charge in [0.05, 0.1) is 13.2 Å². The molecule has 3 aliphatic heterocycles. The molecular formula is C22H35N3O2. The Balaban J connectivity index is 1.28. The summed E-state index contributed by atoms with van der Waals surface area (Å²) in [7, 11) is 1.80. The Labute approximate surface area is 164 Å². The largest absolute Gasteiger partial charge is 0.493 e. The molecule has 4 rings (SSSR count). The standard InChI is InChI=1S/C22H35N3O2/c1-26-17-21-5-3-10-24(21)14-18-4-2-6-22(12-18)27-16-19-7-8-20-13-23-9-11-25(20)15-19/h2,4,6,12,19-21,23H,3,5,7-11,13-17H2,1H3. The van der Waals surface area contributed by atoms with Gasteiger partial charge in [-0.1, -0.05) is 12.1 Å². The van der Waals surface area contributed by atoms with Crippen LogP contribution in [0.3, 0.4) is 0 Å². The summed E-state index contributed by atoms with van der Waals surface area (Å²) in [4.78, 5) is 5.21. The molecule has 0 spiro atoms. The predicted octanol–water partition coefficient (Wildman–Crippen LogP) is 2.36. The molecule has 150 valence electrons. The van der Waals surface area contributed by atoms with E-state index >= 15 is 0 Å². The van der Waals surface area contributed by atoms with Gasteiger partial charge in [0.15, 0.2) is 0 Å². The summed E-state index contributed by atoms with van der Waals surface area (Å²) in [5, 5.41) is 3.52. The predicted molar refractivity (Wildman–Crippen MR) is 108 cm³/mol. The van der Waals surface area contributed by atoms with Crippen LogP contribution in [0.5, 0.6) is 5.75 Å². The molecule has 3 unspecified atom stereocenters. The average Bonchev–Trinajstić information content (AvgIpc) is 3.13. The van der Waals surface area contributed by atoms with E-state index in [1.807, 2.05) is 0 Å². The number of hydrogen-bond donors (Lipinski definition) is 1. The summed E-state index contributed by atoms with van der Waals surface area (Å²) in [6.45, 7) is 8.53. The zero-order valence-electron chi connectivity index (χ0n) is 16.7. The Hall–Kier alpha value is -1.14. The number of benzene rings is 1. The molecule has 3 saturated heterocycles. The van der Waals surface area contributed by atoms with Gasteiger partial charge in [0.2, 0.25) is 0 Å². The number of fused-ring (bicyclic) bond motifs is 1. The summed E-state index contributed by atoms with van der Waals surface area (Å²) in [6, 6.07) is 10.0. The highest BCUT2D eigenvalue weighted by atomic mass is 16.5. The first kappa shape index (κ1) is 19.2. The fraction of sp³-hybridized carbons (Fsp3) is 0.727. The molecule has 0 radical (unpaired) electrons. The van der Waals surface area contributed by atoms with Gasteiger partial charge >= 0.3 is 0 Å². The second-order valence-electron chi connectivity index (χ2n) is 8.48. The van der Waals surface area contributed by atoms with Crippen LogP contribution in [-0.4, -0.2) is 74.9 Å². The van der Waals surface area contributed by atoms with Crippen molar-refractivity contribution in [1.29, 1.82) is 0 Å². The lowest BCUT2D eigenvalue weighted by Gasteiger charge is -2.42. The van der Waals surface area contributed by atoms with Crippen LogP contribution in [0.25, 0.3) is 0 Å². The molecule has 0 amide bonds. The first-order valence-electron chi connectivity index (χ1n) is 10.7. The molecular weight excluding hydrogens is 338 g/mol. The minimum atomic E-state index is 0.564. The SMILES string of the molecule is COCC1CCCN1Cc1cccc(OCC2CCC3CNCCN3C2)c1. The molecule has 1 N–H and O–H groups in total. The van der Waals surface area contributed by atoms with Gasteiger partial charge in [0, 0.05) is 57.8 Å². The third-order valence-electron chi connectivity index (χ3n) is 6.50. The minimum Gasteiger partial charge on any atom is -0.493 e. The second-order valence-corrected chi connectivity index (χ2v) is 8.48. The van der Waals surface area contributed by atoms with Crippen molar-refractivity contribution in [2.75, 3.05) is 53.0 Å². The molecule has 1 aromatic carbocycles. The van der Waals surface area contributed by atoms with Crippen LogP contribution in [0.1, 0.15) is 31.2 Å². The zero-order chi connectivity index (χ0) is 18.5. The second kappa shape index (κ2) is 9.37. The van der Waals surface area contributed by atoms with E-state index in [0.717, 1.165) is 44.6 Å². The maximum Gasteiger partial charge on any atom is 0.119 e. The number of nitrogens with one attached hydrogen (secondary N) is 1. The maximum atomic E-state index is 6.22. The molecule has 3 atom stereocenters. The fourth-order valence-electron chi connectivity index (χ4n) is 4.98. The summed E-state index contributed by atoms with van der Waals surface area (Å²) in [5.41, 5.74) is 1.35. The van der Waals surface area contributed by atoms with E-state index < -0.39 is 0 Å². The first-order chi connectivity index (χ1) is 13.3. The lowest BCUT2D eigenvalue weighted by Crippen LogP contribution is -2.55. The topological polar surface area (TPSA) is 37.0 Å². The molecule has 0 aromatic heterocycles. The zero-order valence-corrected chi connectivity index (χ0v) is 16.7. The quantitative estimate of drug-likeness (QED) is 0.794. The van der Waals surface area contributed by atoms with E-state index in [-0.39, 0.29) is 0 Å². The lowest BCUT2D eigenvalue weighted by atomic mass is 9.92. The normalized spacial score (nSPS) is 29.6. The Morgan fingerprint density at radius 1 is 1.15 bits per heavy atom. The Morgan fingerprint density at radius 2 is 2.11 bits per heavy atom. The van der Waals surface area contributed by atoms with Gasteiger partial charge in [-0.05, 0) is 49.9 Å². The third kappa shape index (κ3) is 5.02. The Bertz CT molecular complexity index is 597. The van der Waals surface area contributed by atoms with Crippen molar-refractivity contribution in [3.63, 3.8) is 0 Å². The first-order valence-corrected chi connectivity index (χ1v) is 10.7. The molecule has 3 heterocycles. The number of rotatable bonds is 7. The van der Waals surface area contributed by atoms with Crippen LogP contribution in [0.15, 0.2) is 24.3 Å². The third-order valence-corrected chi connectivity index (χ3v) is 6.50. The highest BCUT2D eigenvalue weighted by Crippen LogP contribution is 2.25. The van der Waals surface area contributed by atoms with E-state index in [1.54, 1.807) is 7.11 Å². The maximum absolute atomic E-state index is 6.22. The van der Waals surface area contributed by atoms with Gasteiger partial charge in [-0.3, -0.25) is 9.80 Å². The highest BCUT2D eigenvalue weighted by Gasteiger charge is 2.30. The molecule has 3 fully saturated rings. The molecule has 3 aliphatic rings. The van der Waals surface area contributed by atoms with E-state index in [2.05, 4.69) is 39.4 Å². The number of nitrogens with zero attached hydrogens (tertiary/aromatic N) is 2. The van der Waals surface area contributed by atoms with E-state index in [4.69, 9.17) is 9.47 Å². The van der Waals surface area contributed by atoms with Gasteiger partial charge in [0.25, 0.3) is 0 Å². The average molecular weight is 374 g/mol. The molecule has 5 nitrogen and oxygen atoms in total. The molecule has 1 aromatic rings. The van der Waals surface area contributed by atoms with Crippen LogP contribution in [0, 0.1) is 5.92 Å². The monoisotopic (exact) mass is 373 g/mol. The molecule has 0 aliphatic carbocycles. The summed E-state index contributed by atoms with van der Waals surface area (Å²) in [5.74, 6) is 1.69. The number of ether oxygens (including phenoxy) is 2. The summed E-state index contributed by atoms with van der Waals surface area (Å²) in [6.07, 6.45) is 5.11. The van der Waals surface area contributed by atoms with Gasteiger partial charge in [0.1, 0.15) is 5.75 Å². The number of hydrogen-bond acceptors (Lipinski definition) is 5. The Kier molecular flexibility index (Phi) is 6.66. The van der Waals surface area contributed by atoms with E-state index in [9.17, 15) is 0 Å². The minimum absolute atomic E-state index is 0.564. The van der Waals surface area contributed by atoms with Crippen LogP contribution in [-0.2, 0) is 11.3 Å². The number of likely N-dealkylation sites (tertiary alicyclic amines) is 1. The van der Waals surface area contributed by atoms with Crippen LogP contribution in [0.2, 0.25) is 0 Å². The summed E-state index contributed by atoms with van der Waals surface area (Å²) >= 11 is 0. The fourth-order valence-corrected chi connectivity index (χ4v) is 4.98. The van der Waals surface area contributed by atoms with Crippen molar-refractivity contribution < 1.29 is 9.47 Å². The van der Waals surface area contributed by atoms with Crippen molar-refractivity contribution in [2.24, 2.45) is 5.92 Å². The van der Waals surface area contributed by atoms with E-state index in [0.29, 0.717) is 12.0 Å². The molecule has 0 bridgehead atoms. The van der Waals surface area contributed by atoms with Crippen LogP contribution >= 0.6 is 0 Å². The van der Waals surface area contributed by atoms with Crippen molar-refractivity contribution in [2.45, 2.75) is 44.3 Å². The highest BCUT2D eigenvalue weighted by molar-refractivity contribution is 5.28. The van der Waals surface area contributed by atoms with Crippen molar-refractivity contribution >= 4 is 0 Å². The lowest BCUT2D eigenvalue weighted by molar-refractivity contribution is 0.0649. The van der Waals surface area contributed by atoms with Gasteiger partial charge < -0.3 is 14.8 Å². The van der Waals surface area contributed by atoms with Crippen molar-refractivity contribution in [3.05, 3.63) is 29.8 Å². The van der Waals surface area contributed by atoms with Crippen molar-refractivity contribution in [1.82, 2.24) is 15.1 Å². The van der Waals surface area contributed by atoms with Gasteiger partial charge in [-0.25, -0.2) is 0 Å². The number of piperidine rings is 1. The number of piperazine rings is 1. The van der Waals surface area contributed by atoms with E-state index in [1.165, 1.54) is 50.9 Å². The molecule has 27 heavy (non-hydrogen) atoms. The van der Waals surface area contributed by atoms with Crippen molar-refractivity contribution in [3.8, 4) is 5.75 Å². The smallest absolute Gasteiger partial charge is 0.119 e.